The van der Waals surface area contributed by atoms with Crippen molar-refractivity contribution in [2.75, 3.05) is 0 Å². The highest BCUT2D eigenvalue weighted by atomic mass is 35.5. The van der Waals surface area contributed by atoms with Gasteiger partial charge in [0.05, 0.1) is 17.1 Å². The van der Waals surface area contributed by atoms with E-state index in [1.54, 1.807) is 0 Å². The van der Waals surface area contributed by atoms with Gasteiger partial charge in [0.25, 0.3) is 0 Å². The average molecular weight is 249 g/mol. The van der Waals surface area contributed by atoms with Gasteiger partial charge in [-0.1, -0.05) is 6.07 Å². The van der Waals surface area contributed by atoms with Gasteiger partial charge in [0.2, 0.25) is 0 Å². The number of halogens is 1. The van der Waals surface area contributed by atoms with Crippen LogP contribution in [0.15, 0.2) is 18.2 Å². The zero-order chi connectivity index (χ0) is 11.6. The first-order valence-corrected chi connectivity index (χ1v) is 4.34. The number of hydrogen-bond acceptors (Lipinski definition) is 5. The number of hydrogen-bond donors (Lipinski definition) is 3. The lowest BCUT2D eigenvalue weighted by atomic mass is 10.0. The molecule has 0 heterocycles. The summed E-state index contributed by atoms with van der Waals surface area (Å²) in [5.74, 6) is -0.415. The summed E-state index contributed by atoms with van der Waals surface area (Å²) in [6.07, 6.45) is -0.811. The van der Waals surface area contributed by atoms with Gasteiger partial charge in [-0.25, -0.2) is 0 Å². The normalized spacial score (nSPS) is 13.7. The van der Waals surface area contributed by atoms with Gasteiger partial charge in [-0.15, -0.1) is 12.4 Å². The summed E-state index contributed by atoms with van der Waals surface area (Å²) in [5, 5.41) is 28.9. The molecule has 4 N–H and O–H groups in total. The Morgan fingerprint density at radius 2 is 2.06 bits per heavy atom. The first-order valence-electron chi connectivity index (χ1n) is 4.34. The number of aromatic hydroxyl groups is 1. The second-order valence-corrected chi connectivity index (χ2v) is 3.27. The second-order valence-electron chi connectivity index (χ2n) is 3.27. The minimum atomic E-state index is -0.811. The van der Waals surface area contributed by atoms with Crippen molar-refractivity contribution >= 4 is 18.1 Å². The SMILES string of the molecule is C[C@@H](O)[C@@H](N)c1ccc(O)c([N+](=O)[O-])c1.Cl. The van der Waals surface area contributed by atoms with Crippen molar-refractivity contribution in [3.63, 3.8) is 0 Å². The van der Waals surface area contributed by atoms with Crippen molar-refractivity contribution in [2.24, 2.45) is 5.73 Å². The molecule has 90 valence electrons. The van der Waals surface area contributed by atoms with E-state index >= 15 is 0 Å². The third kappa shape index (κ3) is 3.06. The Balaban J connectivity index is 0.00000225. The van der Waals surface area contributed by atoms with Crippen molar-refractivity contribution in [1.29, 1.82) is 0 Å². The first-order chi connectivity index (χ1) is 6.93. The molecule has 0 saturated heterocycles. The Labute approximate surface area is 98.3 Å². The van der Waals surface area contributed by atoms with E-state index in [9.17, 15) is 20.3 Å². The number of phenolic OH excluding ortho intramolecular Hbond substituents is 1. The van der Waals surface area contributed by atoms with Crippen molar-refractivity contribution in [2.45, 2.75) is 19.1 Å². The molecule has 0 spiro atoms. The lowest BCUT2D eigenvalue weighted by Crippen LogP contribution is -2.23. The molecule has 0 aliphatic heterocycles. The fraction of sp³-hybridized carbons (Fsp3) is 0.333. The van der Waals surface area contributed by atoms with Gasteiger partial charge in [0, 0.05) is 6.07 Å². The molecule has 1 aromatic carbocycles. The van der Waals surface area contributed by atoms with Crippen LogP contribution in [0, 0.1) is 10.1 Å². The van der Waals surface area contributed by atoms with E-state index in [1.807, 2.05) is 0 Å². The molecule has 0 aliphatic rings. The molecule has 0 unspecified atom stereocenters. The van der Waals surface area contributed by atoms with Crippen LogP contribution in [0.5, 0.6) is 5.75 Å². The number of nitrogens with zero attached hydrogens (tertiary/aromatic N) is 1. The van der Waals surface area contributed by atoms with Crippen LogP contribution in [-0.4, -0.2) is 21.2 Å². The van der Waals surface area contributed by atoms with Crippen LogP contribution >= 0.6 is 12.4 Å². The van der Waals surface area contributed by atoms with Crippen LogP contribution < -0.4 is 5.73 Å². The number of benzene rings is 1. The lowest BCUT2D eigenvalue weighted by molar-refractivity contribution is -0.385. The summed E-state index contributed by atoms with van der Waals surface area (Å²) < 4.78 is 0. The summed E-state index contributed by atoms with van der Waals surface area (Å²) in [7, 11) is 0. The summed E-state index contributed by atoms with van der Waals surface area (Å²) in [5.41, 5.74) is 5.60. The molecule has 0 saturated carbocycles. The molecule has 7 heteroatoms. The van der Waals surface area contributed by atoms with Crippen molar-refractivity contribution in [1.82, 2.24) is 0 Å². The standard InChI is InChI=1S/C9H12N2O4.ClH/c1-5(12)9(10)6-2-3-8(13)7(4-6)11(14)15;/h2-5,9,12-13H,10H2,1H3;1H/t5-,9-;/m1./s1. The Bertz CT molecular complexity index is 384. The van der Waals surface area contributed by atoms with Crippen LogP contribution in [0.4, 0.5) is 5.69 Å². The number of phenols is 1. The zero-order valence-electron chi connectivity index (χ0n) is 8.53. The highest BCUT2D eigenvalue weighted by molar-refractivity contribution is 5.85. The molecule has 0 amide bonds. The summed E-state index contributed by atoms with van der Waals surface area (Å²) in [4.78, 5) is 9.81. The number of aliphatic hydroxyl groups is 1. The maximum absolute atomic E-state index is 10.5. The fourth-order valence-electron chi connectivity index (χ4n) is 1.17. The number of aliphatic hydroxyl groups excluding tert-OH is 1. The van der Waals surface area contributed by atoms with Gasteiger partial charge in [0.1, 0.15) is 0 Å². The van der Waals surface area contributed by atoms with E-state index in [0.29, 0.717) is 5.56 Å². The molecular formula is C9H13ClN2O4. The maximum Gasteiger partial charge on any atom is 0.311 e. The second kappa shape index (κ2) is 5.64. The molecule has 1 rings (SSSR count). The minimum absolute atomic E-state index is 0. The van der Waals surface area contributed by atoms with Crippen molar-refractivity contribution in [3.05, 3.63) is 33.9 Å². The molecular weight excluding hydrogens is 236 g/mol. The molecule has 0 aliphatic carbocycles. The molecule has 2 atom stereocenters. The van der Waals surface area contributed by atoms with Gasteiger partial charge in [-0.2, -0.15) is 0 Å². The average Bonchev–Trinajstić information content (AvgIpc) is 2.16. The van der Waals surface area contributed by atoms with Crippen LogP contribution in [0.2, 0.25) is 0 Å². The highest BCUT2D eigenvalue weighted by Gasteiger charge is 2.18. The maximum atomic E-state index is 10.5. The monoisotopic (exact) mass is 248 g/mol. The predicted molar refractivity (Wildman–Crippen MR) is 60.6 cm³/mol. The van der Waals surface area contributed by atoms with Crippen molar-refractivity contribution in [3.8, 4) is 5.75 Å². The van der Waals surface area contributed by atoms with E-state index in [1.165, 1.54) is 19.1 Å². The van der Waals surface area contributed by atoms with E-state index in [0.717, 1.165) is 6.07 Å². The van der Waals surface area contributed by atoms with Gasteiger partial charge >= 0.3 is 5.69 Å². The van der Waals surface area contributed by atoms with Crippen LogP contribution in [0.1, 0.15) is 18.5 Å². The molecule has 0 aromatic heterocycles. The van der Waals surface area contributed by atoms with Gasteiger partial charge < -0.3 is 15.9 Å². The topological polar surface area (TPSA) is 110 Å². The number of rotatable bonds is 3. The summed E-state index contributed by atoms with van der Waals surface area (Å²) >= 11 is 0. The number of nitrogens with two attached hydrogens (primary N) is 1. The smallest absolute Gasteiger partial charge is 0.311 e. The minimum Gasteiger partial charge on any atom is -0.502 e. The quantitative estimate of drug-likeness (QED) is 0.548. The first kappa shape index (κ1) is 14.6. The van der Waals surface area contributed by atoms with Gasteiger partial charge in [0.15, 0.2) is 5.75 Å². The fourth-order valence-corrected chi connectivity index (χ4v) is 1.17. The van der Waals surface area contributed by atoms with Crippen molar-refractivity contribution < 1.29 is 15.1 Å². The Kier molecular flexibility index (Phi) is 5.16. The van der Waals surface area contributed by atoms with Crippen LogP contribution in [0.25, 0.3) is 0 Å². The van der Waals surface area contributed by atoms with E-state index in [-0.39, 0.29) is 12.4 Å². The number of nitro groups is 1. The van der Waals surface area contributed by atoms with Crippen LogP contribution in [-0.2, 0) is 0 Å². The number of nitro benzene ring substituents is 1. The largest absolute Gasteiger partial charge is 0.502 e. The van der Waals surface area contributed by atoms with Gasteiger partial charge in [-0.3, -0.25) is 10.1 Å². The molecule has 16 heavy (non-hydrogen) atoms. The van der Waals surface area contributed by atoms with Crippen LogP contribution in [0.3, 0.4) is 0 Å². The molecule has 0 bridgehead atoms. The molecule has 0 radical (unpaired) electrons. The lowest BCUT2D eigenvalue weighted by Gasteiger charge is -2.14. The third-order valence-corrected chi connectivity index (χ3v) is 2.10. The Morgan fingerprint density at radius 3 is 2.50 bits per heavy atom. The van der Waals surface area contributed by atoms with E-state index in [4.69, 9.17) is 5.73 Å². The summed E-state index contributed by atoms with van der Waals surface area (Å²) in [6, 6.07) is 3.09. The van der Waals surface area contributed by atoms with E-state index < -0.39 is 28.5 Å². The van der Waals surface area contributed by atoms with E-state index in [2.05, 4.69) is 0 Å². The highest BCUT2D eigenvalue weighted by Crippen LogP contribution is 2.28. The third-order valence-electron chi connectivity index (χ3n) is 2.10. The molecule has 0 fully saturated rings. The molecule has 1 aromatic rings. The summed E-state index contributed by atoms with van der Waals surface area (Å²) in [6.45, 7) is 1.49. The zero-order valence-corrected chi connectivity index (χ0v) is 9.35. The Morgan fingerprint density at radius 1 is 1.50 bits per heavy atom. The van der Waals surface area contributed by atoms with Gasteiger partial charge in [-0.05, 0) is 18.6 Å². The molecule has 6 nitrogen and oxygen atoms in total. The predicted octanol–water partition coefficient (Wildman–Crippen LogP) is 1.10. The Hall–Kier alpha value is -1.37.